The third-order valence-electron chi connectivity index (χ3n) is 3.97. The highest BCUT2D eigenvalue weighted by Crippen LogP contribution is 2.31. The Kier molecular flexibility index (Phi) is 4.25. The van der Waals surface area contributed by atoms with E-state index in [4.69, 9.17) is 10.5 Å². The van der Waals surface area contributed by atoms with Gasteiger partial charge in [-0.25, -0.2) is 8.42 Å². The molecule has 1 saturated heterocycles. The lowest BCUT2D eigenvalue weighted by molar-refractivity contribution is 0.388. The molecule has 1 fully saturated rings. The van der Waals surface area contributed by atoms with Gasteiger partial charge in [0.1, 0.15) is 10.6 Å². The normalized spacial score (nSPS) is 20.5. The number of nitrogen functional groups attached to an aromatic ring is 1. The summed E-state index contributed by atoms with van der Waals surface area (Å²) < 4.78 is 31.8. The summed E-state index contributed by atoms with van der Waals surface area (Å²) >= 11 is 0. The zero-order valence-corrected chi connectivity index (χ0v) is 13.0. The monoisotopic (exact) mass is 298 g/mol. The van der Waals surface area contributed by atoms with Gasteiger partial charge in [0.15, 0.2) is 0 Å². The van der Waals surface area contributed by atoms with E-state index in [1.165, 1.54) is 17.5 Å². The van der Waals surface area contributed by atoms with Gasteiger partial charge in [0.25, 0.3) is 0 Å². The van der Waals surface area contributed by atoms with Crippen LogP contribution in [0.15, 0.2) is 23.1 Å². The second-order valence-electron chi connectivity index (χ2n) is 5.56. The highest BCUT2D eigenvalue weighted by Gasteiger charge is 2.34. The Morgan fingerprint density at radius 2 is 2.10 bits per heavy atom. The van der Waals surface area contributed by atoms with Crippen LogP contribution in [0.2, 0.25) is 0 Å². The van der Waals surface area contributed by atoms with Crippen LogP contribution in [-0.2, 0) is 10.0 Å². The van der Waals surface area contributed by atoms with E-state index in [-0.39, 0.29) is 10.6 Å². The molecular weight excluding hydrogens is 276 g/mol. The van der Waals surface area contributed by atoms with Crippen molar-refractivity contribution in [2.75, 3.05) is 25.9 Å². The van der Waals surface area contributed by atoms with Gasteiger partial charge in [0.2, 0.25) is 10.0 Å². The maximum absolute atomic E-state index is 12.6. The summed E-state index contributed by atoms with van der Waals surface area (Å²) in [6.07, 6.45) is 0.910. The fourth-order valence-electron chi connectivity index (χ4n) is 2.54. The van der Waals surface area contributed by atoms with Crippen LogP contribution in [-0.4, -0.2) is 32.9 Å². The first-order valence-corrected chi connectivity index (χ1v) is 8.24. The molecule has 2 rings (SSSR count). The molecule has 5 nitrogen and oxygen atoms in total. The Balaban J connectivity index is 2.27. The Hall–Kier alpha value is -1.27. The molecule has 1 heterocycles. The minimum absolute atomic E-state index is 0.169. The molecule has 1 aromatic rings. The van der Waals surface area contributed by atoms with E-state index in [0.717, 1.165) is 6.42 Å². The molecule has 1 unspecified atom stereocenters. The van der Waals surface area contributed by atoms with E-state index in [1.54, 1.807) is 12.1 Å². The van der Waals surface area contributed by atoms with Gasteiger partial charge in [-0.1, -0.05) is 13.8 Å². The molecule has 6 heteroatoms. The summed E-state index contributed by atoms with van der Waals surface area (Å²) in [6, 6.07) is 4.69. The predicted molar refractivity (Wildman–Crippen MR) is 79.1 cm³/mol. The summed E-state index contributed by atoms with van der Waals surface area (Å²) in [6.45, 7) is 5.40. The van der Waals surface area contributed by atoms with Crippen LogP contribution in [0.4, 0.5) is 5.69 Å². The van der Waals surface area contributed by atoms with E-state index >= 15 is 0 Å². The van der Waals surface area contributed by atoms with Crippen LogP contribution in [0, 0.1) is 11.8 Å². The van der Waals surface area contributed by atoms with Gasteiger partial charge in [-0.15, -0.1) is 0 Å². The zero-order chi connectivity index (χ0) is 14.9. The molecule has 0 saturated carbocycles. The predicted octanol–water partition coefficient (Wildman–Crippen LogP) is 1.94. The number of hydrogen-bond acceptors (Lipinski definition) is 4. The molecule has 1 atom stereocenters. The molecule has 2 N–H and O–H groups in total. The van der Waals surface area contributed by atoms with E-state index in [2.05, 4.69) is 13.8 Å². The van der Waals surface area contributed by atoms with Crippen molar-refractivity contribution < 1.29 is 13.2 Å². The number of sulfonamides is 1. The smallest absolute Gasteiger partial charge is 0.245 e. The number of benzene rings is 1. The highest BCUT2D eigenvalue weighted by molar-refractivity contribution is 7.89. The van der Waals surface area contributed by atoms with Crippen molar-refractivity contribution in [3.05, 3.63) is 18.2 Å². The molecule has 0 radical (unpaired) electrons. The minimum Gasteiger partial charge on any atom is -0.497 e. The topological polar surface area (TPSA) is 72.6 Å². The van der Waals surface area contributed by atoms with Gasteiger partial charge in [-0.05, 0) is 30.4 Å². The molecule has 0 spiro atoms. The molecule has 112 valence electrons. The molecule has 1 aliphatic heterocycles. The van der Waals surface area contributed by atoms with Crippen molar-refractivity contribution >= 4 is 15.7 Å². The lowest BCUT2D eigenvalue weighted by atomic mass is 9.96. The quantitative estimate of drug-likeness (QED) is 0.862. The summed E-state index contributed by atoms with van der Waals surface area (Å²) in [4.78, 5) is 0.169. The van der Waals surface area contributed by atoms with Gasteiger partial charge in [0, 0.05) is 19.2 Å². The highest BCUT2D eigenvalue weighted by atomic mass is 32.2. The van der Waals surface area contributed by atoms with Crippen LogP contribution in [0.25, 0.3) is 0 Å². The molecule has 1 aliphatic rings. The molecule has 0 amide bonds. The Labute approximate surface area is 120 Å². The minimum atomic E-state index is -3.51. The van der Waals surface area contributed by atoms with Crippen molar-refractivity contribution in [2.45, 2.75) is 25.2 Å². The summed E-state index contributed by atoms with van der Waals surface area (Å²) in [5.41, 5.74) is 6.09. The first-order chi connectivity index (χ1) is 9.36. The Bertz CT molecular complexity index is 584. The SMILES string of the molecule is COc1ccc(S(=O)(=O)N2CCC(C(C)C)C2)c(N)c1. The number of methoxy groups -OCH3 is 1. The van der Waals surface area contributed by atoms with Crippen LogP contribution in [0.5, 0.6) is 5.75 Å². The van der Waals surface area contributed by atoms with Crippen LogP contribution in [0.3, 0.4) is 0 Å². The van der Waals surface area contributed by atoms with Crippen LogP contribution in [0.1, 0.15) is 20.3 Å². The fraction of sp³-hybridized carbons (Fsp3) is 0.571. The standard InChI is InChI=1S/C14H22N2O3S/c1-10(2)11-6-7-16(9-11)20(17,18)14-5-4-12(19-3)8-13(14)15/h4-5,8,10-11H,6-7,9,15H2,1-3H3. The van der Waals surface area contributed by atoms with Crippen LogP contribution < -0.4 is 10.5 Å². The van der Waals surface area contributed by atoms with E-state index in [1.807, 2.05) is 0 Å². The number of hydrogen-bond donors (Lipinski definition) is 1. The lowest BCUT2D eigenvalue weighted by Gasteiger charge is -2.19. The third-order valence-corrected chi connectivity index (χ3v) is 5.90. The maximum Gasteiger partial charge on any atom is 0.245 e. The summed E-state index contributed by atoms with van der Waals surface area (Å²) in [7, 11) is -1.98. The van der Waals surface area contributed by atoms with Crippen LogP contribution >= 0.6 is 0 Å². The van der Waals surface area contributed by atoms with Crippen molar-refractivity contribution in [3.8, 4) is 5.75 Å². The number of anilines is 1. The summed E-state index contributed by atoms with van der Waals surface area (Å²) in [5.74, 6) is 1.47. The average Bonchev–Trinajstić information content (AvgIpc) is 2.88. The first-order valence-electron chi connectivity index (χ1n) is 6.80. The second-order valence-corrected chi connectivity index (χ2v) is 7.47. The largest absolute Gasteiger partial charge is 0.497 e. The average molecular weight is 298 g/mol. The third kappa shape index (κ3) is 2.76. The van der Waals surface area contributed by atoms with Crippen molar-refractivity contribution in [1.82, 2.24) is 4.31 Å². The molecule has 0 bridgehead atoms. The van der Waals surface area contributed by atoms with Gasteiger partial charge >= 0.3 is 0 Å². The molecule has 0 aromatic heterocycles. The second kappa shape index (κ2) is 5.61. The van der Waals surface area contributed by atoms with Gasteiger partial charge in [-0.3, -0.25) is 0 Å². The molecular formula is C14H22N2O3S. The fourth-order valence-corrected chi connectivity index (χ4v) is 4.15. The van der Waals surface area contributed by atoms with Gasteiger partial charge in [0.05, 0.1) is 12.8 Å². The number of nitrogens with zero attached hydrogens (tertiary/aromatic N) is 1. The Morgan fingerprint density at radius 1 is 1.40 bits per heavy atom. The van der Waals surface area contributed by atoms with Gasteiger partial charge < -0.3 is 10.5 Å². The first kappa shape index (κ1) is 15.1. The zero-order valence-electron chi connectivity index (χ0n) is 12.2. The van der Waals surface area contributed by atoms with Crippen molar-refractivity contribution in [2.24, 2.45) is 11.8 Å². The lowest BCUT2D eigenvalue weighted by Crippen LogP contribution is -2.30. The maximum atomic E-state index is 12.6. The van der Waals surface area contributed by atoms with E-state index in [9.17, 15) is 8.42 Å². The Morgan fingerprint density at radius 3 is 2.60 bits per heavy atom. The summed E-state index contributed by atoms with van der Waals surface area (Å²) in [5, 5.41) is 0. The van der Waals surface area contributed by atoms with E-state index in [0.29, 0.717) is 30.7 Å². The number of rotatable bonds is 4. The number of nitrogens with two attached hydrogens (primary N) is 1. The van der Waals surface area contributed by atoms with E-state index < -0.39 is 10.0 Å². The van der Waals surface area contributed by atoms with Crippen molar-refractivity contribution in [3.63, 3.8) is 0 Å². The van der Waals surface area contributed by atoms with Gasteiger partial charge in [-0.2, -0.15) is 4.31 Å². The van der Waals surface area contributed by atoms with Crippen molar-refractivity contribution in [1.29, 1.82) is 0 Å². The molecule has 1 aromatic carbocycles. The molecule has 0 aliphatic carbocycles. The number of ether oxygens (including phenoxy) is 1. The molecule has 20 heavy (non-hydrogen) atoms.